The first kappa shape index (κ1) is 13.5. The Labute approximate surface area is 108 Å². The number of rotatable bonds is 4. The molecular formula is C13H26N2OS. The lowest BCUT2D eigenvalue weighted by Gasteiger charge is -2.39. The maximum Gasteiger partial charge on any atom is 0.0249 e. The van der Waals surface area contributed by atoms with E-state index in [0.29, 0.717) is 0 Å². The highest BCUT2D eigenvalue weighted by molar-refractivity contribution is 7.85. The quantitative estimate of drug-likeness (QED) is 0.826. The second kappa shape index (κ2) is 6.86. The molecule has 2 heterocycles. The summed E-state index contributed by atoms with van der Waals surface area (Å²) in [5.41, 5.74) is 0. The zero-order valence-electron chi connectivity index (χ0n) is 11.0. The molecule has 0 aromatic heterocycles. The van der Waals surface area contributed by atoms with Crippen molar-refractivity contribution in [2.24, 2.45) is 0 Å². The van der Waals surface area contributed by atoms with Crippen LogP contribution >= 0.6 is 0 Å². The molecule has 1 N–H and O–H groups in total. The summed E-state index contributed by atoms with van der Waals surface area (Å²) >= 11 is 0. The maximum atomic E-state index is 11.3. The first-order chi connectivity index (χ1) is 8.29. The van der Waals surface area contributed by atoms with Crippen molar-refractivity contribution in [2.45, 2.75) is 51.1 Å². The van der Waals surface area contributed by atoms with Gasteiger partial charge in [-0.3, -0.25) is 4.21 Å². The van der Waals surface area contributed by atoms with Crippen molar-refractivity contribution in [3.63, 3.8) is 0 Å². The highest BCUT2D eigenvalue weighted by Gasteiger charge is 2.27. The summed E-state index contributed by atoms with van der Waals surface area (Å²) in [4.78, 5) is 2.64. The molecule has 0 aliphatic carbocycles. The Morgan fingerprint density at radius 3 is 2.41 bits per heavy atom. The van der Waals surface area contributed by atoms with Crippen molar-refractivity contribution in [1.82, 2.24) is 10.2 Å². The topological polar surface area (TPSA) is 32.3 Å². The molecule has 0 unspecified atom stereocenters. The largest absolute Gasteiger partial charge is 0.314 e. The molecule has 2 aliphatic heterocycles. The van der Waals surface area contributed by atoms with E-state index in [0.717, 1.165) is 43.0 Å². The van der Waals surface area contributed by atoms with E-state index in [-0.39, 0.29) is 0 Å². The normalized spacial score (nSPS) is 32.8. The zero-order valence-corrected chi connectivity index (χ0v) is 11.8. The Hall–Kier alpha value is 0.0700. The van der Waals surface area contributed by atoms with Gasteiger partial charge < -0.3 is 10.2 Å². The lowest BCUT2D eigenvalue weighted by Crippen LogP contribution is -2.48. The van der Waals surface area contributed by atoms with Gasteiger partial charge in [-0.15, -0.1) is 0 Å². The van der Waals surface area contributed by atoms with Crippen molar-refractivity contribution < 1.29 is 4.21 Å². The van der Waals surface area contributed by atoms with Crippen LogP contribution in [0.1, 0.15) is 39.0 Å². The minimum absolute atomic E-state index is 0.516. The van der Waals surface area contributed by atoms with Gasteiger partial charge in [-0.2, -0.15) is 0 Å². The average molecular weight is 258 g/mol. The Bertz CT molecular complexity index is 242. The molecule has 0 aromatic carbocycles. The number of hydrogen-bond donors (Lipinski definition) is 1. The van der Waals surface area contributed by atoms with Crippen LogP contribution in [0.5, 0.6) is 0 Å². The van der Waals surface area contributed by atoms with Crippen molar-refractivity contribution in [3.8, 4) is 0 Å². The van der Waals surface area contributed by atoms with Crippen molar-refractivity contribution in [3.05, 3.63) is 0 Å². The van der Waals surface area contributed by atoms with E-state index >= 15 is 0 Å². The van der Waals surface area contributed by atoms with Crippen LogP contribution in [-0.2, 0) is 10.8 Å². The lowest BCUT2D eigenvalue weighted by atomic mass is 10.0. The third-order valence-corrected chi connectivity index (χ3v) is 5.47. The summed E-state index contributed by atoms with van der Waals surface area (Å²) in [5.74, 6) is 1.86. The van der Waals surface area contributed by atoms with Crippen LogP contribution in [0.15, 0.2) is 0 Å². The number of likely N-dealkylation sites (tertiary alicyclic amines) is 1. The van der Waals surface area contributed by atoms with E-state index in [1.54, 1.807) is 0 Å². The third-order valence-electron chi connectivity index (χ3n) is 4.09. The van der Waals surface area contributed by atoms with Gasteiger partial charge in [-0.25, -0.2) is 0 Å². The van der Waals surface area contributed by atoms with Crippen molar-refractivity contribution >= 4 is 10.8 Å². The predicted octanol–water partition coefficient (Wildman–Crippen LogP) is 1.36. The number of hydrogen-bond acceptors (Lipinski definition) is 3. The maximum absolute atomic E-state index is 11.3. The summed E-state index contributed by atoms with van der Waals surface area (Å²) in [5, 5.41) is 3.63. The van der Waals surface area contributed by atoms with Crippen LogP contribution in [0.3, 0.4) is 0 Å². The molecule has 2 fully saturated rings. The molecule has 100 valence electrons. The van der Waals surface area contributed by atoms with Crippen LogP contribution in [-0.4, -0.2) is 52.3 Å². The van der Waals surface area contributed by atoms with Crippen molar-refractivity contribution in [1.29, 1.82) is 0 Å². The first-order valence-electron chi connectivity index (χ1n) is 7.12. The van der Waals surface area contributed by atoms with Crippen LogP contribution in [0, 0.1) is 0 Å². The van der Waals surface area contributed by atoms with E-state index in [1.165, 1.54) is 32.4 Å². The standard InChI is InChI=1S/C13H26N2OS/c1-2-7-14-12-3-8-15(9-4-12)13-5-10-17(16)11-6-13/h12-14H,2-11H2,1H3. The molecule has 0 amide bonds. The molecule has 0 saturated carbocycles. The van der Waals surface area contributed by atoms with Gasteiger partial charge in [0.2, 0.25) is 0 Å². The molecule has 2 rings (SSSR count). The molecule has 0 radical (unpaired) electrons. The Balaban J connectivity index is 1.69. The van der Waals surface area contributed by atoms with Crippen LogP contribution in [0.4, 0.5) is 0 Å². The van der Waals surface area contributed by atoms with Gasteiger partial charge in [0.15, 0.2) is 0 Å². The first-order valence-corrected chi connectivity index (χ1v) is 8.61. The highest BCUT2D eigenvalue weighted by atomic mass is 32.2. The fraction of sp³-hybridized carbons (Fsp3) is 1.00. The molecule has 0 bridgehead atoms. The van der Waals surface area contributed by atoms with Crippen LogP contribution in [0.25, 0.3) is 0 Å². The fourth-order valence-corrected chi connectivity index (χ4v) is 4.24. The van der Waals surface area contributed by atoms with Gasteiger partial charge in [-0.1, -0.05) is 6.92 Å². The summed E-state index contributed by atoms with van der Waals surface area (Å²) in [6.45, 7) is 5.86. The van der Waals surface area contributed by atoms with E-state index in [1.807, 2.05) is 0 Å². The van der Waals surface area contributed by atoms with Gasteiger partial charge in [-0.05, 0) is 51.7 Å². The monoisotopic (exact) mass is 258 g/mol. The SMILES string of the molecule is CCCNC1CCN(C2CCS(=O)CC2)CC1. The second-order valence-corrected chi connectivity index (χ2v) is 7.04. The van der Waals surface area contributed by atoms with E-state index < -0.39 is 10.8 Å². The van der Waals surface area contributed by atoms with Gasteiger partial charge in [0.1, 0.15) is 0 Å². The summed E-state index contributed by atoms with van der Waals surface area (Å²) < 4.78 is 11.3. The van der Waals surface area contributed by atoms with E-state index in [9.17, 15) is 4.21 Å². The van der Waals surface area contributed by atoms with Crippen molar-refractivity contribution in [2.75, 3.05) is 31.1 Å². The number of nitrogens with one attached hydrogen (secondary N) is 1. The second-order valence-electron chi connectivity index (χ2n) is 5.34. The number of piperidine rings is 1. The molecular weight excluding hydrogens is 232 g/mol. The van der Waals surface area contributed by atoms with Gasteiger partial charge in [0.25, 0.3) is 0 Å². The zero-order chi connectivity index (χ0) is 12.1. The number of nitrogens with zero attached hydrogens (tertiary/aromatic N) is 1. The molecule has 2 aliphatic rings. The fourth-order valence-electron chi connectivity index (χ4n) is 2.96. The third kappa shape index (κ3) is 4.04. The molecule has 3 nitrogen and oxygen atoms in total. The van der Waals surface area contributed by atoms with E-state index in [2.05, 4.69) is 17.1 Å². The van der Waals surface area contributed by atoms with Gasteiger partial charge >= 0.3 is 0 Å². The minimum atomic E-state index is -0.516. The van der Waals surface area contributed by atoms with E-state index in [4.69, 9.17) is 0 Å². The molecule has 0 atom stereocenters. The Kier molecular flexibility index (Phi) is 5.45. The smallest absolute Gasteiger partial charge is 0.0249 e. The van der Waals surface area contributed by atoms with Gasteiger partial charge in [0.05, 0.1) is 0 Å². The minimum Gasteiger partial charge on any atom is -0.314 e. The molecule has 0 spiro atoms. The summed E-state index contributed by atoms with van der Waals surface area (Å²) in [7, 11) is -0.516. The highest BCUT2D eigenvalue weighted by Crippen LogP contribution is 2.20. The lowest BCUT2D eigenvalue weighted by molar-refractivity contribution is 0.135. The summed E-state index contributed by atoms with van der Waals surface area (Å²) in [6, 6.07) is 1.46. The molecule has 0 aromatic rings. The van der Waals surface area contributed by atoms with Crippen LogP contribution < -0.4 is 5.32 Å². The Morgan fingerprint density at radius 2 is 1.82 bits per heavy atom. The Morgan fingerprint density at radius 1 is 1.18 bits per heavy atom. The predicted molar refractivity (Wildman–Crippen MR) is 73.8 cm³/mol. The molecule has 4 heteroatoms. The van der Waals surface area contributed by atoms with Gasteiger partial charge in [0, 0.05) is 34.4 Å². The molecule has 2 saturated heterocycles. The van der Waals surface area contributed by atoms with Crippen LogP contribution in [0.2, 0.25) is 0 Å². The summed E-state index contributed by atoms with van der Waals surface area (Å²) in [6.07, 6.45) is 6.12. The molecule has 17 heavy (non-hydrogen) atoms. The average Bonchev–Trinajstić information content (AvgIpc) is 2.38.